The SMILES string of the molecule is CCCC1O[C@@H]2C[C@H]3[C@@H]4CCC5=CC(=O)C=C[C@]5(C)[C@H]4[C@@H](O)C[C@]3(C)[C@]2(C(=O)COCNC(C)C)O1. The van der Waals surface area contributed by atoms with Crippen LogP contribution in [0.3, 0.4) is 0 Å². The van der Waals surface area contributed by atoms with Crippen LogP contribution in [0, 0.1) is 28.6 Å². The Bertz CT molecular complexity index is 959. The van der Waals surface area contributed by atoms with Crippen LogP contribution in [0.4, 0.5) is 0 Å². The van der Waals surface area contributed by atoms with Crippen molar-refractivity contribution in [2.24, 2.45) is 28.6 Å². The van der Waals surface area contributed by atoms with Crippen LogP contribution in [-0.4, -0.2) is 60.2 Å². The van der Waals surface area contributed by atoms with E-state index in [9.17, 15) is 14.7 Å². The number of allylic oxidation sites excluding steroid dienone is 4. The van der Waals surface area contributed by atoms with Gasteiger partial charge in [0.1, 0.15) is 6.61 Å². The molecule has 36 heavy (non-hydrogen) atoms. The predicted octanol–water partition coefficient (Wildman–Crippen LogP) is 3.70. The summed E-state index contributed by atoms with van der Waals surface area (Å²) in [6, 6.07) is 0.264. The maximum absolute atomic E-state index is 14.0. The number of Topliss-reactive ketones (excluding diaryl/α,β-unsaturated/α-hetero) is 1. The van der Waals surface area contributed by atoms with Gasteiger partial charge in [-0.1, -0.05) is 38.8 Å². The van der Waals surface area contributed by atoms with Crippen LogP contribution in [0.1, 0.15) is 73.1 Å². The molecule has 4 fully saturated rings. The molecule has 5 rings (SSSR count). The second-order valence-corrected chi connectivity index (χ2v) is 12.4. The lowest BCUT2D eigenvalue weighted by Gasteiger charge is -2.59. The molecule has 9 atom stereocenters. The zero-order chi connectivity index (χ0) is 25.9. The Hall–Kier alpha value is -1.38. The van der Waals surface area contributed by atoms with E-state index in [2.05, 4.69) is 26.1 Å². The number of ketones is 2. The molecule has 4 aliphatic carbocycles. The third kappa shape index (κ3) is 3.80. The lowest BCUT2D eigenvalue weighted by molar-refractivity contribution is -0.201. The summed E-state index contributed by atoms with van der Waals surface area (Å²) in [6.07, 6.45) is 8.69. The minimum absolute atomic E-state index is 0.00355. The normalized spacial score (nSPS) is 45.2. The van der Waals surface area contributed by atoms with Crippen molar-refractivity contribution in [2.75, 3.05) is 13.3 Å². The van der Waals surface area contributed by atoms with Gasteiger partial charge in [0, 0.05) is 22.8 Å². The van der Waals surface area contributed by atoms with Gasteiger partial charge >= 0.3 is 0 Å². The topological polar surface area (TPSA) is 94.1 Å². The molecule has 0 amide bonds. The summed E-state index contributed by atoms with van der Waals surface area (Å²) in [5.74, 6) is 0.364. The van der Waals surface area contributed by atoms with Gasteiger partial charge in [-0.2, -0.15) is 0 Å². The molecule has 1 heterocycles. The Labute approximate surface area is 215 Å². The summed E-state index contributed by atoms with van der Waals surface area (Å²) >= 11 is 0. The van der Waals surface area contributed by atoms with Crippen molar-refractivity contribution >= 4 is 11.6 Å². The van der Waals surface area contributed by atoms with E-state index in [1.807, 2.05) is 19.9 Å². The molecule has 0 aromatic heterocycles. The number of fused-ring (bicyclic) bond motifs is 7. The van der Waals surface area contributed by atoms with Crippen molar-refractivity contribution in [3.8, 4) is 0 Å². The molecule has 0 spiro atoms. The highest BCUT2D eigenvalue weighted by Gasteiger charge is 2.75. The summed E-state index contributed by atoms with van der Waals surface area (Å²) in [6.45, 7) is 10.7. The minimum Gasteiger partial charge on any atom is -0.393 e. The quantitative estimate of drug-likeness (QED) is 0.387. The molecular weight excluding hydrogens is 458 g/mol. The van der Waals surface area contributed by atoms with Crippen LogP contribution in [0.25, 0.3) is 0 Å². The summed E-state index contributed by atoms with van der Waals surface area (Å²) in [4.78, 5) is 26.1. The highest BCUT2D eigenvalue weighted by atomic mass is 16.7. The van der Waals surface area contributed by atoms with Crippen molar-refractivity contribution in [1.82, 2.24) is 5.32 Å². The highest BCUT2D eigenvalue weighted by molar-refractivity contribution is 6.01. The first-order chi connectivity index (χ1) is 17.1. The van der Waals surface area contributed by atoms with Gasteiger partial charge < -0.3 is 19.3 Å². The van der Waals surface area contributed by atoms with Crippen LogP contribution in [0.15, 0.2) is 23.8 Å². The fourth-order valence-electron chi connectivity index (χ4n) is 8.48. The third-order valence-electron chi connectivity index (χ3n) is 10.1. The molecule has 7 nitrogen and oxygen atoms in total. The monoisotopic (exact) mass is 501 g/mol. The Balaban J connectivity index is 1.47. The molecule has 5 aliphatic rings. The number of rotatable bonds is 8. The number of aliphatic hydroxyl groups excluding tert-OH is 1. The lowest BCUT2D eigenvalue weighted by Crippen LogP contribution is -2.63. The molecule has 1 unspecified atom stereocenters. The molecule has 1 saturated heterocycles. The van der Waals surface area contributed by atoms with Crippen molar-refractivity contribution in [3.05, 3.63) is 23.8 Å². The second kappa shape index (κ2) is 9.42. The fraction of sp³-hybridized carbons (Fsp3) is 0.793. The molecule has 3 saturated carbocycles. The maximum Gasteiger partial charge on any atom is 0.193 e. The van der Waals surface area contributed by atoms with E-state index in [1.165, 1.54) is 0 Å². The summed E-state index contributed by atoms with van der Waals surface area (Å²) < 4.78 is 18.9. The lowest BCUT2D eigenvalue weighted by atomic mass is 9.46. The number of ether oxygens (including phenoxy) is 3. The Morgan fingerprint density at radius 1 is 1.33 bits per heavy atom. The average molecular weight is 502 g/mol. The smallest absolute Gasteiger partial charge is 0.193 e. The van der Waals surface area contributed by atoms with E-state index in [0.29, 0.717) is 13.2 Å². The van der Waals surface area contributed by atoms with E-state index in [1.54, 1.807) is 12.2 Å². The van der Waals surface area contributed by atoms with E-state index >= 15 is 0 Å². The number of aliphatic hydroxyl groups is 1. The fourth-order valence-corrected chi connectivity index (χ4v) is 8.48. The molecule has 0 radical (unpaired) electrons. The number of hydrogen-bond donors (Lipinski definition) is 2. The van der Waals surface area contributed by atoms with Crippen LogP contribution in [0.5, 0.6) is 0 Å². The predicted molar refractivity (Wildman–Crippen MR) is 135 cm³/mol. The first-order valence-electron chi connectivity index (χ1n) is 13.9. The largest absolute Gasteiger partial charge is 0.393 e. The molecule has 0 bridgehead atoms. The van der Waals surface area contributed by atoms with E-state index in [0.717, 1.165) is 37.7 Å². The standard InChI is InChI=1S/C29H43NO6/c1-6-7-25-35-24-13-21-20-9-8-18-12-19(31)10-11-27(18,4)26(20)22(32)14-28(21,5)29(24,36-25)23(33)15-34-16-30-17(2)3/h10-12,17,20-22,24-26,30,32H,6-9,13-16H2,1-5H3/t20-,21-,22-,24+,25?,26+,27-,28-,29+/m0/s1. The summed E-state index contributed by atoms with van der Waals surface area (Å²) in [7, 11) is 0. The summed E-state index contributed by atoms with van der Waals surface area (Å²) in [5.41, 5.74) is -0.885. The molecule has 0 aromatic carbocycles. The van der Waals surface area contributed by atoms with Crippen LogP contribution >= 0.6 is 0 Å². The Kier molecular flexibility index (Phi) is 6.87. The van der Waals surface area contributed by atoms with E-state index < -0.39 is 23.4 Å². The van der Waals surface area contributed by atoms with Crippen molar-refractivity contribution < 1.29 is 28.9 Å². The van der Waals surface area contributed by atoms with E-state index in [-0.39, 0.29) is 53.5 Å². The van der Waals surface area contributed by atoms with Gasteiger partial charge in [0.15, 0.2) is 23.5 Å². The van der Waals surface area contributed by atoms with Crippen molar-refractivity contribution in [1.29, 1.82) is 0 Å². The van der Waals surface area contributed by atoms with Gasteiger partial charge in [0.25, 0.3) is 0 Å². The second-order valence-electron chi connectivity index (χ2n) is 12.4. The first-order valence-corrected chi connectivity index (χ1v) is 13.9. The zero-order valence-electron chi connectivity index (χ0n) is 22.4. The highest BCUT2D eigenvalue weighted by Crippen LogP contribution is 2.69. The Morgan fingerprint density at radius 3 is 2.83 bits per heavy atom. The molecule has 0 aromatic rings. The average Bonchev–Trinajstić information content (AvgIpc) is 3.29. The van der Waals surface area contributed by atoms with Gasteiger partial charge in [0.2, 0.25) is 0 Å². The third-order valence-corrected chi connectivity index (χ3v) is 10.1. The number of nitrogens with one attached hydrogen (secondary N) is 1. The van der Waals surface area contributed by atoms with Gasteiger partial charge in [-0.15, -0.1) is 0 Å². The number of carbonyl (C=O) groups is 2. The number of carbonyl (C=O) groups excluding carboxylic acids is 2. The van der Waals surface area contributed by atoms with Gasteiger partial charge in [-0.25, -0.2) is 0 Å². The maximum atomic E-state index is 14.0. The van der Waals surface area contributed by atoms with Gasteiger partial charge in [-0.3, -0.25) is 14.9 Å². The summed E-state index contributed by atoms with van der Waals surface area (Å²) in [5, 5.41) is 15.0. The van der Waals surface area contributed by atoms with Crippen molar-refractivity contribution in [2.45, 2.75) is 103 Å². The molecular formula is C29H43NO6. The molecule has 2 N–H and O–H groups in total. The van der Waals surface area contributed by atoms with Gasteiger partial charge in [0.05, 0.1) is 18.9 Å². The van der Waals surface area contributed by atoms with Crippen molar-refractivity contribution in [3.63, 3.8) is 0 Å². The molecule has 7 heteroatoms. The minimum atomic E-state index is -1.11. The van der Waals surface area contributed by atoms with Crippen LogP contribution < -0.4 is 5.32 Å². The number of hydrogen-bond acceptors (Lipinski definition) is 7. The van der Waals surface area contributed by atoms with E-state index in [4.69, 9.17) is 14.2 Å². The Morgan fingerprint density at radius 2 is 2.11 bits per heavy atom. The van der Waals surface area contributed by atoms with Gasteiger partial charge in [-0.05, 0) is 69.9 Å². The van der Waals surface area contributed by atoms with Crippen LogP contribution in [-0.2, 0) is 23.8 Å². The zero-order valence-corrected chi connectivity index (χ0v) is 22.4. The van der Waals surface area contributed by atoms with Crippen LogP contribution in [0.2, 0.25) is 0 Å². The molecule has 200 valence electrons. The first kappa shape index (κ1) is 26.2. The molecule has 1 aliphatic heterocycles.